The molecule has 0 bridgehead atoms. The molecule has 0 aliphatic rings. The lowest BCUT2D eigenvalue weighted by atomic mass is 9.97. The molecule has 6 heteroatoms. The van der Waals surface area contributed by atoms with Gasteiger partial charge in [0.1, 0.15) is 0 Å². The fourth-order valence-corrected chi connectivity index (χ4v) is 2.68. The highest BCUT2D eigenvalue weighted by Gasteiger charge is 2.15. The Morgan fingerprint density at radius 3 is 2.35 bits per heavy atom. The number of nitrogens with two attached hydrogens (primary N) is 1. The molecule has 1 heterocycles. The summed E-state index contributed by atoms with van der Waals surface area (Å²) in [6.07, 6.45) is 4.66. The summed E-state index contributed by atoms with van der Waals surface area (Å²) in [5, 5.41) is 0. The molecule has 0 amide bonds. The molecule has 1 aromatic carbocycles. The number of rotatable bonds is 4. The lowest BCUT2D eigenvalue weighted by Crippen LogP contribution is -2.29. The zero-order chi connectivity index (χ0) is 14.8. The normalized spacial score (nSPS) is 13.2. The molecule has 0 radical (unpaired) electrons. The van der Waals surface area contributed by atoms with Crippen LogP contribution in [0, 0.1) is 6.92 Å². The molecule has 1 unspecified atom stereocenters. The minimum Gasteiger partial charge on any atom is -0.271 e. The van der Waals surface area contributed by atoms with E-state index >= 15 is 0 Å². The van der Waals surface area contributed by atoms with Gasteiger partial charge in [-0.15, -0.1) is 0 Å². The van der Waals surface area contributed by atoms with Crippen LogP contribution in [-0.2, 0) is 9.84 Å². The summed E-state index contributed by atoms with van der Waals surface area (Å²) in [5.74, 6) is 5.63. The molecule has 0 aliphatic heterocycles. The molecule has 20 heavy (non-hydrogen) atoms. The Morgan fingerprint density at radius 1 is 1.20 bits per heavy atom. The van der Waals surface area contributed by atoms with Crippen molar-refractivity contribution in [3.8, 4) is 0 Å². The molecule has 0 aliphatic carbocycles. The van der Waals surface area contributed by atoms with Crippen LogP contribution < -0.4 is 11.3 Å². The SMILES string of the molecule is Cc1ccncc1C(NN)c1ccc(S(C)(=O)=O)cc1. The lowest BCUT2D eigenvalue weighted by Gasteiger charge is -2.18. The second-order valence-corrected chi connectivity index (χ2v) is 6.69. The number of sulfone groups is 1. The van der Waals surface area contributed by atoms with Gasteiger partial charge < -0.3 is 0 Å². The van der Waals surface area contributed by atoms with E-state index in [0.717, 1.165) is 16.7 Å². The smallest absolute Gasteiger partial charge is 0.175 e. The number of hydrogen-bond donors (Lipinski definition) is 2. The molecule has 3 N–H and O–H groups in total. The molecule has 1 aromatic heterocycles. The highest BCUT2D eigenvalue weighted by molar-refractivity contribution is 7.90. The summed E-state index contributed by atoms with van der Waals surface area (Å²) < 4.78 is 22.9. The van der Waals surface area contributed by atoms with Crippen LogP contribution in [0.25, 0.3) is 0 Å². The molecule has 0 fully saturated rings. The first-order valence-corrected chi connectivity index (χ1v) is 7.99. The second-order valence-electron chi connectivity index (χ2n) is 4.67. The van der Waals surface area contributed by atoms with Gasteiger partial charge in [0.05, 0.1) is 10.9 Å². The van der Waals surface area contributed by atoms with Gasteiger partial charge in [0.25, 0.3) is 0 Å². The monoisotopic (exact) mass is 291 g/mol. The molecule has 2 rings (SSSR count). The Balaban J connectivity index is 2.41. The number of pyridine rings is 1. The highest BCUT2D eigenvalue weighted by atomic mass is 32.2. The molecular formula is C14H17N3O2S. The fourth-order valence-electron chi connectivity index (χ4n) is 2.05. The molecule has 0 saturated carbocycles. The van der Waals surface area contributed by atoms with E-state index in [1.807, 2.05) is 13.0 Å². The van der Waals surface area contributed by atoms with E-state index in [0.29, 0.717) is 4.90 Å². The average Bonchev–Trinajstić information content (AvgIpc) is 2.41. The number of nitrogens with zero attached hydrogens (tertiary/aromatic N) is 1. The standard InChI is InChI=1S/C14H17N3O2S/c1-10-7-8-16-9-13(10)14(17-15)11-3-5-12(6-4-11)20(2,18)19/h3-9,14,17H,15H2,1-2H3. The molecule has 1 atom stereocenters. The van der Waals surface area contributed by atoms with Gasteiger partial charge in [0.2, 0.25) is 0 Å². The molecule has 0 spiro atoms. The maximum atomic E-state index is 11.5. The van der Waals surface area contributed by atoms with Crippen molar-refractivity contribution in [2.24, 2.45) is 5.84 Å². The van der Waals surface area contributed by atoms with Gasteiger partial charge in [-0.3, -0.25) is 10.8 Å². The van der Waals surface area contributed by atoms with Crippen LogP contribution in [0.15, 0.2) is 47.6 Å². The van der Waals surface area contributed by atoms with Crippen LogP contribution in [0.2, 0.25) is 0 Å². The van der Waals surface area contributed by atoms with E-state index in [9.17, 15) is 8.42 Å². The number of hydrazine groups is 1. The van der Waals surface area contributed by atoms with Gasteiger partial charge in [-0.1, -0.05) is 12.1 Å². The van der Waals surface area contributed by atoms with Crippen LogP contribution in [0.1, 0.15) is 22.7 Å². The Kier molecular flexibility index (Phi) is 4.17. The summed E-state index contributed by atoms with van der Waals surface area (Å²) >= 11 is 0. The maximum Gasteiger partial charge on any atom is 0.175 e. The van der Waals surface area contributed by atoms with Gasteiger partial charge in [-0.2, -0.15) is 0 Å². The first-order valence-electron chi connectivity index (χ1n) is 6.10. The summed E-state index contributed by atoms with van der Waals surface area (Å²) in [7, 11) is -3.19. The summed E-state index contributed by atoms with van der Waals surface area (Å²) in [4.78, 5) is 4.40. The quantitative estimate of drug-likeness (QED) is 0.656. The highest BCUT2D eigenvalue weighted by Crippen LogP contribution is 2.24. The van der Waals surface area contributed by atoms with E-state index in [1.165, 1.54) is 6.26 Å². The van der Waals surface area contributed by atoms with Crippen molar-refractivity contribution in [1.29, 1.82) is 0 Å². The summed E-state index contributed by atoms with van der Waals surface area (Å²) in [6, 6.07) is 8.37. The minimum absolute atomic E-state index is 0.225. The van der Waals surface area contributed by atoms with E-state index in [-0.39, 0.29) is 6.04 Å². The second kappa shape index (κ2) is 5.70. The fraction of sp³-hybridized carbons (Fsp3) is 0.214. The lowest BCUT2D eigenvalue weighted by molar-refractivity contribution is 0.601. The molecule has 5 nitrogen and oxygen atoms in total. The van der Waals surface area contributed by atoms with Gasteiger partial charge in [-0.25, -0.2) is 13.8 Å². The van der Waals surface area contributed by atoms with Crippen LogP contribution >= 0.6 is 0 Å². The summed E-state index contributed by atoms with van der Waals surface area (Å²) in [5.41, 5.74) is 5.65. The van der Waals surface area contributed by atoms with Crippen molar-refractivity contribution in [1.82, 2.24) is 10.4 Å². The van der Waals surface area contributed by atoms with E-state index in [2.05, 4.69) is 10.4 Å². The number of aromatic nitrogens is 1. The average molecular weight is 291 g/mol. The van der Waals surface area contributed by atoms with Gasteiger partial charge in [0, 0.05) is 18.6 Å². The van der Waals surface area contributed by atoms with E-state index in [1.54, 1.807) is 36.7 Å². The first-order chi connectivity index (χ1) is 9.43. The third-order valence-electron chi connectivity index (χ3n) is 3.20. The zero-order valence-corrected chi connectivity index (χ0v) is 12.2. The Bertz CT molecular complexity index is 697. The number of hydrogen-bond acceptors (Lipinski definition) is 5. The predicted octanol–water partition coefficient (Wildman–Crippen LogP) is 1.35. The Hall–Kier alpha value is -1.76. The predicted molar refractivity (Wildman–Crippen MR) is 77.7 cm³/mol. The van der Waals surface area contributed by atoms with Crippen molar-refractivity contribution in [2.45, 2.75) is 17.9 Å². The topological polar surface area (TPSA) is 85.1 Å². The molecule has 0 saturated heterocycles. The zero-order valence-electron chi connectivity index (χ0n) is 11.4. The van der Waals surface area contributed by atoms with Crippen LogP contribution in [0.5, 0.6) is 0 Å². The van der Waals surface area contributed by atoms with Crippen molar-refractivity contribution in [3.63, 3.8) is 0 Å². The van der Waals surface area contributed by atoms with Crippen LogP contribution in [-0.4, -0.2) is 19.7 Å². The molecule has 2 aromatic rings. The van der Waals surface area contributed by atoms with E-state index < -0.39 is 9.84 Å². The third-order valence-corrected chi connectivity index (χ3v) is 4.33. The van der Waals surface area contributed by atoms with Crippen LogP contribution in [0.3, 0.4) is 0 Å². The minimum atomic E-state index is -3.19. The maximum absolute atomic E-state index is 11.5. The third kappa shape index (κ3) is 3.04. The van der Waals surface area contributed by atoms with Crippen molar-refractivity contribution in [2.75, 3.05) is 6.26 Å². The van der Waals surface area contributed by atoms with Crippen molar-refractivity contribution >= 4 is 9.84 Å². The first kappa shape index (κ1) is 14.6. The number of benzene rings is 1. The van der Waals surface area contributed by atoms with Gasteiger partial charge in [-0.05, 0) is 41.8 Å². The number of aryl methyl sites for hydroxylation is 1. The molecule has 106 valence electrons. The summed E-state index contributed by atoms with van der Waals surface area (Å²) in [6.45, 7) is 1.98. The van der Waals surface area contributed by atoms with Crippen molar-refractivity contribution < 1.29 is 8.42 Å². The van der Waals surface area contributed by atoms with E-state index in [4.69, 9.17) is 5.84 Å². The Morgan fingerprint density at radius 2 is 1.85 bits per heavy atom. The van der Waals surface area contributed by atoms with Crippen LogP contribution in [0.4, 0.5) is 0 Å². The largest absolute Gasteiger partial charge is 0.271 e. The Labute approximate surface area is 118 Å². The number of nitrogens with one attached hydrogen (secondary N) is 1. The van der Waals surface area contributed by atoms with Gasteiger partial charge in [0.15, 0.2) is 9.84 Å². The molecular weight excluding hydrogens is 274 g/mol. The van der Waals surface area contributed by atoms with Crippen molar-refractivity contribution in [3.05, 3.63) is 59.4 Å². The van der Waals surface area contributed by atoms with Gasteiger partial charge >= 0.3 is 0 Å².